The van der Waals surface area contributed by atoms with Crippen LogP contribution in [0.2, 0.25) is 0 Å². The van der Waals surface area contributed by atoms with E-state index in [0.29, 0.717) is 29.1 Å². The fourth-order valence-electron chi connectivity index (χ4n) is 3.19. The Kier molecular flexibility index (Phi) is 5.71. The van der Waals surface area contributed by atoms with Crippen LogP contribution in [0.15, 0.2) is 24.3 Å². The Morgan fingerprint density at radius 2 is 1.81 bits per heavy atom. The molecule has 0 aliphatic heterocycles. The Morgan fingerprint density at radius 1 is 1.08 bits per heavy atom. The molecule has 3 rings (SSSR count). The number of fused-ring (bicyclic) bond motifs is 2. The molecule has 3 aromatic rings. The minimum atomic E-state index is -0.175. The molecule has 2 heterocycles. The number of carbonyl (C=O) groups is 1. The minimum Gasteiger partial charge on any atom is -0.384 e. The molecule has 2 aromatic heterocycles. The van der Waals surface area contributed by atoms with Crippen molar-refractivity contribution in [3.63, 3.8) is 0 Å². The van der Waals surface area contributed by atoms with Crippen LogP contribution in [0.5, 0.6) is 0 Å². The average molecular weight is 353 g/mol. The maximum absolute atomic E-state index is 12.7. The number of carbonyl (C=O) groups excluding carboxylic acids is 1. The Bertz CT molecular complexity index is 915. The number of unbranched alkanes of at least 4 members (excludes halogenated alkanes) is 3. The van der Waals surface area contributed by atoms with Crippen molar-refractivity contribution < 1.29 is 4.79 Å². The first-order valence-electron chi connectivity index (χ1n) is 9.50. The molecule has 0 atom stereocenters. The fourth-order valence-corrected chi connectivity index (χ4v) is 3.19. The Hall–Kier alpha value is -2.63. The summed E-state index contributed by atoms with van der Waals surface area (Å²) in [6.07, 6.45) is 5.38. The van der Waals surface area contributed by atoms with Gasteiger partial charge in [-0.3, -0.25) is 4.79 Å². The number of aryl methyl sites for hydroxylation is 1. The summed E-state index contributed by atoms with van der Waals surface area (Å²) in [5.41, 5.74) is 9.70. The van der Waals surface area contributed by atoms with Crippen LogP contribution < -0.4 is 11.1 Å². The zero-order valence-electron chi connectivity index (χ0n) is 15.6. The van der Waals surface area contributed by atoms with Crippen molar-refractivity contribution in [2.45, 2.75) is 52.5 Å². The molecule has 0 fully saturated rings. The number of nitrogens with zero attached hydrogens (tertiary/aromatic N) is 3. The van der Waals surface area contributed by atoms with Crippen LogP contribution in [-0.4, -0.2) is 27.0 Å². The van der Waals surface area contributed by atoms with Crippen molar-refractivity contribution >= 4 is 33.9 Å². The molecule has 1 aromatic carbocycles. The van der Waals surface area contributed by atoms with Gasteiger partial charge in [0.15, 0.2) is 5.65 Å². The Morgan fingerprint density at radius 3 is 2.50 bits per heavy atom. The summed E-state index contributed by atoms with van der Waals surface area (Å²) in [6.45, 7) is 5.57. The third kappa shape index (κ3) is 3.49. The van der Waals surface area contributed by atoms with Gasteiger partial charge in [0.2, 0.25) is 0 Å². The number of benzene rings is 1. The highest BCUT2D eigenvalue weighted by molar-refractivity contribution is 6.10. The van der Waals surface area contributed by atoms with E-state index < -0.39 is 0 Å². The lowest BCUT2D eigenvalue weighted by molar-refractivity contribution is 0.0956. The number of hydrogen-bond donors (Lipinski definition) is 2. The summed E-state index contributed by atoms with van der Waals surface area (Å²) in [7, 11) is 0. The van der Waals surface area contributed by atoms with Gasteiger partial charge in [-0.25, -0.2) is 9.97 Å². The second kappa shape index (κ2) is 8.17. The van der Waals surface area contributed by atoms with Gasteiger partial charge in [0, 0.05) is 13.1 Å². The van der Waals surface area contributed by atoms with Crippen LogP contribution in [0.3, 0.4) is 0 Å². The van der Waals surface area contributed by atoms with Crippen molar-refractivity contribution in [1.82, 2.24) is 19.9 Å². The first-order chi connectivity index (χ1) is 12.7. The molecule has 0 saturated heterocycles. The van der Waals surface area contributed by atoms with Gasteiger partial charge in [-0.05, 0) is 25.0 Å². The van der Waals surface area contributed by atoms with E-state index in [1.165, 1.54) is 12.8 Å². The van der Waals surface area contributed by atoms with Gasteiger partial charge in [-0.2, -0.15) is 0 Å². The number of rotatable bonds is 8. The lowest BCUT2D eigenvalue weighted by Gasteiger charge is -2.08. The molecule has 0 radical (unpaired) electrons. The third-order valence-electron chi connectivity index (χ3n) is 4.59. The summed E-state index contributed by atoms with van der Waals surface area (Å²) in [6, 6.07) is 7.70. The second-order valence-corrected chi connectivity index (χ2v) is 6.61. The topological polar surface area (TPSA) is 85.8 Å². The largest absolute Gasteiger partial charge is 0.384 e. The summed E-state index contributed by atoms with van der Waals surface area (Å²) < 4.78 is 1.95. The molecule has 0 aliphatic carbocycles. The van der Waals surface area contributed by atoms with E-state index in [1.54, 1.807) is 0 Å². The van der Waals surface area contributed by atoms with Crippen molar-refractivity contribution in [2.24, 2.45) is 0 Å². The lowest BCUT2D eigenvalue weighted by atomic mass is 10.2. The predicted molar refractivity (Wildman–Crippen MR) is 106 cm³/mol. The van der Waals surface area contributed by atoms with Crippen LogP contribution in [0.25, 0.3) is 22.2 Å². The molecule has 26 heavy (non-hydrogen) atoms. The van der Waals surface area contributed by atoms with E-state index in [2.05, 4.69) is 12.2 Å². The maximum Gasteiger partial charge on any atom is 0.257 e. The average Bonchev–Trinajstić information content (AvgIpc) is 2.92. The quantitative estimate of drug-likeness (QED) is 0.602. The molecule has 1 amide bonds. The van der Waals surface area contributed by atoms with E-state index in [9.17, 15) is 4.79 Å². The van der Waals surface area contributed by atoms with Crippen molar-refractivity contribution in [3.8, 4) is 0 Å². The lowest BCUT2D eigenvalue weighted by Crippen LogP contribution is -2.25. The molecular formula is C20H27N5O. The van der Waals surface area contributed by atoms with E-state index in [0.717, 1.165) is 36.8 Å². The first kappa shape index (κ1) is 18.2. The van der Waals surface area contributed by atoms with E-state index in [1.807, 2.05) is 35.8 Å². The smallest absolute Gasteiger partial charge is 0.257 e. The summed E-state index contributed by atoms with van der Waals surface area (Å²) in [5.74, 6) is 0.284. The third-order valence-corrected chi connectivity index (χ3v) is 4.59. The SMILES string of the molecule is CCCCCCn1c(N)c(C(=O)NCCC)c2nc3ccccc3nc21. The second-order valence-electron chi connectivity index (χ2n) is 6.61. The highest BCUT2D eigenvalue weighted by Gasteiger charge is 2.23. The zero-order chi connectivity index (χ0) is 18.5. The van der Waals surface area contributed by atoms with Gasteiger partial charge in [-0.1, -0.05) is 45.2 Å². The molecule has 0 aliphatic rings. The number of nitrogens with one attached hydrogen (secondary N) is 1. The number of aromatic nitrogens is 3. The van der Waals surface area contributed by atoms with Gasteiger partial charge in [0.05, 0.1) is 11.0 Å². The summed E-state index contributed by atoms with van der Waals surface area (Å²) >= 11 is 0. The first-order valence-corrected chi connectivity index (χ1v) is 9.50. The monoisotopic (exact) mass is 353 g/mol. The van der Waals surface area contributed by atoms with Gasteiger partial charge in [0.1, 0.15) is 16.9 Å². The Balaban J connectivity index is 2.10. The fraction of sp³-hybridized carbons (Fsp3) is 0.450. The maximum atomic E-state index is 12.7. The standard InChI is InChI=1S/C20H27N5O/c1-3-5-6-9-13-25-18(21)16(20(26)22-12-4-2)17-19(25)24-15-11-8-7-10-14(15)23-17/h7-8,10-11H,3-6,9,12-13,21H2,1-2H3,(H,22,26). The molecule has 0 bridgehead atoms. The zero-order valence-corrected chi connectivity index (χ0v) is 15.6. The summed E-state index contributed by atoms with van der Waals surface area (Å²) in [5, 5.41) is 2.92. The molecule has 138 valence electrons. The van der Waals surface area contributed by atoms with Gasteiger partial charge < -0.3 is 15.6 Å². The Labute approximate surface area is 153 Å². The van der Waals surface area contributed by atoms with E-state index in [4.69, 9.17) is 15.7 Å². The predicted octanol–water partition coefficient (Wildman–Crippen LogP) is 3.89. The normalized spacial score (nSPS) is 11.3. The van der Waals surface area contributed by atoms with Gasteiger partial charge in [0.25, 0.3) is 5.91 Å². The molecule has 0 spiro atoms. The van der Waals surface area contributed by atoms with Crippen LogP contribution in [0.1, 0.15) is 56.3 Å². The van der Waals surface area contributed by atoms with E-state index in [-0.39, 0.29) is 5.91 Å². The van der Waals surface area contributed by atoms with Crippen LogP contribution >= 0.6 is 0 Å². The van der Waals surface area contributed by atoms with Gasteiger partial charge >= 0.3 is 0 Å². The molecule has 6 heteroatoms. The van der Waals surface area contributed by atoms with Crippen molar-refractivity contribution in [1.29, 1.82) is 0 Å². The number of nitrogens with two attached hydrogens (primary N) is 1. The molecular weight excluding hydrogens is 326 g/mol. The highest BCUT2D eigenvalue weighted by atomic mass is 16.1. The van der Waals surface area contributed by atoms with E-state index >= 15 is 0 Å². The minimum absolute atomic E-state index is 0.175. The van der Waals surface area contributed by atoms with Crippen molar-refractivity contribution in [2.75, 3.05) is 12.3 Å². The van der Waals surface area contributed by atoms with Gasteiger partial charge in [-0.15, -0.1) is 0 Å². The summed E-state index contributed by atoms with van der Waals surface area (Å²) in [4.78, 5) is 22.2. The van der Waals surface area contributed by atoms with Crippen LogP contribution in [0, 0.1) is 0 Å². The number of amides is 1. The molecule has 0 unspecified atom stereocenters. The molecule has 6 nitrogen and oxygen atoms in total. The molecule has 3 N–H and O–H groups in total. The number of para-hydroxylation sites is 2. The number of nitrogen functional groups attached to an aromatic ring is 1. The number of hydrogen-bond acceptors (Lipinski definition) is 4. The highest BCUT2D eigenvalue weighted by Crippen LogP contribution is 2.28. The van der Waals surface area contributed by atoms with Crippen LogP contribution in [-0.2, 0) is 6.54 Å². The molecule has 0 saturated carbocycles. The van der Waals surface area contributed by atoms with Crippen molar-refractivity contribution in [3.05, 3.63) is 29.8 Å². The van der Waals surface area contributed by atoms with Crippen LogP contribution in [0.4, 0.5) is 5.82 Å². The number of anilines is 1.